The van der Waals surface area contributed by atoms with Crippen molar-refractivity contribution < 1.29 is 5.11 Å². The molecule has 3 aromatic rings. The van der Waals surface area contributed by atoms with Crippen molar-refractivity contribution in [3.8, 4) is 17.3 Å². The van der Waals surface area contributed by atoms with Crippen LogP contribution in [-0.4, -0.2) is 10.1 Å². The first-order chi connectivity index (χ1) is 11.8. The van der Waals surface area contributed by atoms with Gasteiger partial charge in [-0.1, -0.05) is 60.7 Å². The number of nitriles is 1. The lowest BCUT2D eigenvalue weighted by molar-refractivity contribution is 0.289. The highest BCUT2D eigenvalue weighted by atomic mass is 32.1. The van der Waals surface area contributed by atoms with Crippen LogP contribution in [0.3, 0.4) is 0 Å². The van der Waals surface area contributed by atoms with Crippen molar-refractivity contribution in [2.45, 2.75) is 0 Å². The van der Waals surface area contributed by atoms with Crippen molar-refractivity contribution in [3.05, 3.63) is 83.1 Å². The summed E-state index contributed by atoms with van der Waals surface area (Å²) >= 11 is 1.52. The summed E-state index contributed by atoms with van der Waals surface area (Å²) in [5.74, 6) is -0.0909. The molecule has 0 aliphatic carbocycles. The zero-order valence-electron chi connectivity index (χ0n) is 12.6. The molecule has 2 N–H and O–H groups in total. The van der Waals surface area contributed by atoms with Crippen LogP contribution in [0.4, 0.5) is 5.00 Å². The van der Waals surface area contributed by atoms with Crippen LogP contribution in [0.2, 0.25) is 0 Å². The number of hydrogen-bond donors (Lipinski definition) is 2. The Balaban J connectivity index is 1.99. The third-order valence-corrected chi connectivity index (χ3v) is 4.82. The predicted octanol–water partition coefficient (Wildman–Crippen LogP) is 4.81. The largest absolute Gasteiger partial charge is 0.492 e. The number of benzene rings is 2. The second kappa shape index (κ2) is 5.76. The lowest BCUT2D eigenvalue weighted by Gasteiger charge is -2.26. The van der Waals surface area contributed by atoms with E-state index in [-0.39, 0.29) is 5.88 Å². The predicted molar refractivity (Wildman–Crippen MR) is 95.9 cm³/mol. The SMILES string of the molecule is N#CN1Nc2scc(-c3ccccc3)c2C(c2ccccc2)=C1O. The zero-order valence-corrected chi connectivity index (χ0v) is 13.4. The molecule has 0 saturated heterocycles. The fraction of sp³-hybridized carbons (Fsp3) is 0. The van der Waals surface area contributed by atoms with E-state index in [1.165, 1.54) is 11.3 Å². The fourth-order valence-electron chi connectivity index (χ4n) is 2.85. The zero-order chi connectivity index (χ0) is 16.5. The van der Waals surface area contributed by atoms with Crippen LogP contribution in [0.25, 0.3) is 16.7 Å². The van der Waals surface area contributed by atoms with Gasteiger partial charge in [-0.3, -0.25) is 5.43 Å². The monoisotopic (exact) mass is 331 g/mol. The molecule has 2 heterocycles. The van der Waals surface area contributed by atoms with E-state index in [1.807, 2.05) is 72.2 Å². The average Bonchev–Trinajstić information content (AvgIpc) is 3.06. The van der Waals surface area contributed by atoms with Crippen LogP contribution in [-0.2, 0) is 0 Å². The number of fused-ring (bicyclic) bond motifs is 1. The smallest absolute Gasteiger partial charge is 0.229 e. The van der Waals surface area contributed by atoms with E-state index in [9.17, 15) is 10.4 Å². The van der Waals surface area contributed by atoms with Gasteiger partial charge in [0.2, 0.25) is 12.1 Å². The maximum absolute atomic E-state index is 10.6. The maximum atomic E-state index is 10.6. The summed E-state index contributed by atoms with van der Waals surface area (Å²) in [7, 11) is 0. The van der Waals surface area contributed by atoms with Crippen molar-refractivity contribution in [1.82, 2.24) is 5.01 Å². The lowest BCUT2D eigenvalue weighted by Crippen LogP contribution is -2.28. The Labute approximate surface area is 143 Å². The molecule has 1 aromatic heterocycles. The quantitative estimate of drug-likeness (QED) is 0.661. The van der Waals surface area contributed by atoms with Gasteiger partial charge in [0.05, 0.1) is 5.57 Å². The molecule has 4 rings (SSSR count). The van der Waals surface area contributed by atoms with Gasteiger partial charge in [-0.05, 0) is 11.1 Å². The minimum absolute atomic E-state index is 0.0909. The minimum Gasteiger partial charge on any atom is -0.492 e. The Morgan fingerprint density at radius 3 is 2.21 bits per heavy atom. The number of nitrogens with one attached hydrogen (secondary N) is 1. The van der Waals surface area contributed by atoms with E-state index < -0.39 is 0 Å². The molecule has 0 spiro atoms. The topological polar surface area (TPSA) is 59.3 Å². The molecule has 4 nitrogen and oxygen atoms in total. The summed E-state index contributed by atoms with van der Waals surface area (Å²) in [4.78, 5) is 0. The number of thiophene rings is 1. The third-order valence-electron chi connectivity index (χ3n) is 3.94. The van der Waals surface area contributed by atoms with Gasteiger partial charge >= 0.3 is 0 Å². The molecule has 0 atom stereocenters. The highest BCUT2D eigenvalue weighted by molar-refractivity contribution is 7.15. The van der Waals surface area contributed by atoms with Crippen LogP contribution in [0.5, 0.6) is 0 Å². The molecule has 0 amide bonds. The summed E-state index contributed by atoms with van der Waals surface area (Å²) in [5.41, 5.74) is 7.52. The van der Waals surface area contributed by atoms with Gasteiger partial charge in [0.25, 0.3) is 0 Å². The van der Waals surface area contributed by atoms with Crippen LogP contribution >= 0.6 is 11.3 Å². The van der Waals surface area contributed by atoms with E-state index in [0.717, 1.165) is 32.3 Å². The van der Waals surface area contributed by atoms with Gasteiger partial charge in [0.15, 0.2) is 0 Å². The van der Waals surface area contributed by atoms with Crippen molar-refractivity contribution >= 4 is 21.9 Å². The Kier molecular flexibility index (Phi) is 3.45. The molecular weight excluding hydrogens is 318 g/mol. The third kappa shape index (κ3) is 2.21. The summed E-state index contributed by atoms with van der Waals surface area (Å²) in [6, 6.07) is 19.7. The highest BCUT2D eigenvalue weighted by Gasteiger charge is 2.29. The molecule has 116 valence electrons. The molecule has 5 heteroatoms. The second-order valence-corrected chi connectivity index (χ2v) is 6.21. The van der Waals surface area contributed by atoms with Crippen molar-refractivity contribution in [2.24, 2.45) is 0 Å². The molecular formula is C19H13N3OS. The maximum Gasteiger partial charge on any atom is 0.229 e. The Morgan fingerprint density at radius 2 is 1.58 bits per heavy atom. The van der Waals surface area contributed by atoms with E-state index in [1.54, 1.807) is 0 Å². The van der Waals surface area contributed by atoms with Gasteiger partial charge in [-0.2, -0.15) is 10.3 Å². The fourth-order valence-corrected chi connectivity index (χ4v) is 3.81. The Bertz CT molecular complexity index is 955. The highest BCUT2D eigenvalue weighted by Crippen LogP contribution is 2.46. The number of aliphatic hydroxyl groups is 1. The van der Waals surface area contributed by atoms with E-state index in [2.05, 4.69) is 5.43 Å². The summed E-state index contributed by atoms with van der Waals surface area (Å²) < 4.78 is 0. The van der Waals surface area contributed by atoms with Crippen molar-refractivity contribution in [3.63, 3.8) is 0 Å². The van der Waals surface area contributed by atoms with Crippen LogP contribution in [0.1, 0.15) is 11.1 Å². The van der Waals surface area contributed by atoms with Gasteiger partial charge in [0.1, 0.15) is 5.00 Å². The molecule has 2 aromatic carbocycles. The van der Waals surface area contributed by atoms with Gasteiger partial charge in [-0.15, -0.1) is 11.3 Å². The molecule has 1 aliphatic heterocycles. The Morgan fingerprint density at radius 1 is 0.958 bits per heavy atom. The molecule has 1 aliphatic rings. The molecule has 0 unspecified atom stereocenters. The minimum atomic E-state index is -0.0909. The second-order valence-electron chi connectivity index (χ2n) is 5.33. The normalized spacial score (nSPS) is 13.2. The van der Waals surface area contributed by atoms with Crippen LogP contribution in [0.15, 0.2) is 71.9 Å². The van der Waals surface area contributed by atoms with Crippen molar-refractivity contribution in [2.75, 3.05) is 5.43 Å². The first kappa shape index (κ1) is 14.4. The summed E-state index contributed by atoms with van der Waals surface area (Å²) in [6.45, 7) is 0. The molecule has 0 radical (unpaired) electrons. The number of aliphatic hydroxyl groups excluding tert-OH is 1. The van der Waals surface area contributed by atoms with Gasteiger partial charge < -0.3 is 5.11 Å². The molecule has 24 heavy (non-hydrogen) atoms. The number of rotatable bonds is 2. The first-order valence-corrected chi connectivity index (χ1v) is 8.30. The Hall–Kier alpha value is -3.23. The molecule has 0 fully saturated rings. The molecule has 0 saturated carbocycles. The number of hydrogen-bond acceptors (Lipinski definition) is 5. The van der Waals surface area contributed by atoms with E-state index in [0.29, 0.717) is 5.57 Å². The van der Waals surface area contributed by atoms with Gasteiger partial charge in [0, 0.05) is 16.5 Å². The van der Waals surface area contributed by atoms with Gasteiger partial charge in [-0.25, -0.2) is 0 Å². The van der Waals surface area contributed by atoms with Crippen LogP contribution in [0, 0.1) is 11.5 Å². The first-order valence-electron chi connectivity index (χ1n) is 7.42. The summed E-state index contributed by atoms with van der Waals surface area (Å²) in [6.07, 6.45) is 1.96. The number of hydrazine groups is 1. The number of anilines is 1. The van der Waals surface area contributed by atoms with Crippen molar-refractivity contribution in [1.29, 1.82) is 5.26 Å². The van der Waals surface area contributed by atoms with E-state index in [4.69, 9.17) is 0 Å². The van der Waals surface area contributed by atoms with Crippen LogP contribution < -0.4 is 5.43 Å². The standard InChI is InChI=1S/C19H13N3OS/c20-12-22-19(23)16(14-9-5-2-6-10-14)17-15(11-24-18(17)21-22)13-7-3-1-4-8-13/h1-11,21,23H. The lowest BCUT2D eigenvalue weighted by atomic mass is 9.93. The average molecular weight is 331 g/mol. The molecule has 0 bridgehead atoms. The number of nitrogens with zero attached hydrogens (tertiary/aromatic N) is 2. The summed E-state index contributed by atoms with van der Waals surface area (Å²) in [5, 5.41) is 23.9. The van der Waals surface area contributed by atoms with E-state index >= 15 is 0 Å².